The lowest BCUT2D eigenvalue weighted by Crippen LogP contribution is -2.68. The van der Waals surface area contributed by atoms with Gasteiger partial charge in [-0.15, -0.1) is 0 Å². The van der Waals surface area contributed by atoms with Crippen molar-refractivity contribution in [3.8, 4) is 0 Å². The SMILES string of the molecule is CC[C@H]1OC([C]=[C][Si](C)(C)C)C/C=C\C[C@H]1O[Si](c1ccccc1)(c1ccccc1)C(C)(C)C. The van der Waals surface area contributed by atoms with Crippen LogP contribution in [-0.4, -0.2) is 34.7 Å². The van der Waals surface area contributed by atoms with Crippen LogP contribution < -0.4 is 10.4 Å². The van der Waals surface area contributed by atoms with E-state index in [1.54, 1.807) is 0 Å². The fourth-order valence-electron chi connectivity index (χ4n) is 4.75. The Bertz CT molecular complexity index is 900. The standard InChI is InChI=1S/C30H42O2Si2/c1-8-28-29(22-16-15-17-25(31-28)23-24-33(5,6)7)32-34(30(2,3)4,26-18-11-9-12-19-26)27-20-13-10-14-21-27/h9-16,18-21,25,28-29H,8,17,22H2,1-7H3/b16-15-,24-23?/t25?,28-,29-/m1/s1. The summed E-state index contributed by atoms with van der Waals surface area (Å²) in [5, 5.41) is 2.56. The summed E-state index contributed by atoms with van der Waals surface area (Å²) in [7, 11) is -4.11. The largest absolute Gasteiger partial charge is 0.402 e. The predicted octanol–water partition coefficient (Wildman–Crippen LogP) is 6.49. The van der Waals surface area contributed by atoms with Crippen molar-refractivity contribution in [3.63, 3.8) is 0 Å². The minimum absolute atomic E-state index is 0.00698. The van der Waals surface area contributed by atoms with E-state index < -0.39 is 16.4 Å². The van der Waals surface area contributed by atoms with Gasteiger partial charge in [0.05, 0.1) is 26.4 Å². The molecule has 0 aromatic heterocycles. The molecular weight excluding hydrogens is 449 g/mol. The Morgan fingerprint density at radius 1 is 0.882 bits per heavy atom. The summed E-state index contributed by atoms with van der Waals surface area (Å²) in [5.41, 5.74) is 3.52. The van der Waals surface area contributed by atoms with E-state index in [1.165, 1.54) is 10.4 Å². The van der Waals surface area contributed by atoms with Gasteiger partial charge in [-0.3, -0.25) is 0 Å². The maximum Gasteiger partial charge on any atom is 0.261 e. The minimum Gasteiger partial charge on any atom is -0.402 e. The molecule has 0 saturated carbocycles. The molecule has 2 radical (unpaired) electrons. The third-order valence-electron chi connectivity index (χ3n) is 6.39. The molecule has 0 fully saturated rings. The summed E-state index contributed by atoms with van der Waals surface area (Å²) in [6.45, 7) is 16.1. The molecule has 3 atom stereocenters. The maximum atomic E-state index is 7.47. The molecule has 0 N–H and O–H groups in total. The van der Waals surface area contributed by atoms with Crippen molar-refractivity contribution in [1.82, 2.24) is 0 Å². The molecule has 1 aliphatic rings. The average molecular weight is 491 g/mol. The molecule has 34 heavy (non-hydrogen) atoms. The predicted molar refractivity (Wildman–Crippen MR) is 150 cm³/mol. The fourth-order valence-corrected chi connectivity index (χ4v) is 10.1. The van der Waals surface area contributed by atoms with Gasteiger partial charge in [0.2, 0.25) is 0 Å². The van der Waals surface area contributed by atoms with Gasteiger partial charge in [-0.2, -0.15) is 0 Å². The van der Waals surface area contributed by atoms with E-state index in [4.69, 9.17) is 9.16 Å². The first-order valence-corrected chi connectivity index (χ1v) is 18.1. The van der Waals surface area contributed by atoms with Crippen LogP contribution in [0.25, 0.3) is 0 Å². The van der Waals surface area contributed by atoms with Gasteiger partial charge in [-0.1, -0.05) is 126 Å². The van der Waals surface area contributed by atoms with Crippen LogP contribution in [0.1, 0.15) is 47.0 Å². The lowest BCUT2D eigenvalue weighted by atomic mass is 10.0. The first-order valence-electron chi connectivity index (χ1n) is 12.7. The van der Waals surface area contributed by atoms with Crippen LogP contribution in [0.15, 0.2) is 72.8 Å². The van der Waals surface area contributed by atoms with Crippen molar-refractivity contribution in [3.05, 3.63) is 84.6 Å². The van der Waals surface area contributed by atoms with Gasteiger partial charge in [-0.25, -0.2) is 0 Å². The molecule has 0 amide bonds. The van der Waals surface area contributed by atoms with Crippen molar-refractivity contribution < 1.29 is 9.16 Å². The lowest BCUT2D eigenvalue weighted by Gasteiger charge is -2.46. The highest BCUT2D eigenvalue weighted by Gasteiger charge is 2.52. The van der Waals surface area contributed by atoms with Crippen molar-refractivity contribution in [2.45, 2.75) is 89.9 Å². The number of ether oxygens (including phenoxy) is 1. The maximum absolute atomic E-state index is 7.47. The molecule has 0 aliphatic carbocycles. The minimum atomic E-state index is -2.65. The van der Waals surface area contributed by atoms with Gasteiger partial charge >= 0.3 is 0 Å². The Kier molecular flexibility index (Phi) is 8.96. The molecule has 0 spiro atoms. The van der Waals surface area contributed by atoms with Gasteiger partial charge in [0.25, 0.3) is 8.32 Å². The number of rotatable bonds is 7. The third-order valence-corrected chi connectivity index (χ3v) is 12.4. The van der Waals surface area contributed by atoms with Crippen LogP contribution in [0.5, 0.6) is 0 Å². The summed E-state index contributed by atoms with van der Waals surface area (Å²) in [6, 6.07) is 21.8. The van der Waals surface area contributed by atoms with E-state index in [0.717, 1.165) is 19.3 Å². The van der Waals surface area contributed by atoms with Crippen LogP contribution in [0.2, 0.25) is 24.7 Å². The highest BCUT2D eigenvalue weighted by molar-refractivity contribution is 6.99. The number of hydrogen-bond acceptors (Lipinski definition) is 2. The molecule has 3 rings (SSSR count). The van der Waals surface area contributed by atoms with Gasteiger partial charge in [0, 0.05) is 0 Å². The molecule has 0 saturated heterocycles. The first-order chi connectivity index (χ1) is 16.1. The summed E-state index contributed by atoms with van der Waals surface area (Å²) >= 11 is 0. The molecule has 1 unspecified atom stereocenters. The monoisotopic (exact) mass is 490 g/mol. The molecule has 2 nitrogen and oxygen atoms in total. The summed E-state index contributed by atoms with van der Waals surface area (Å²) < 4.78 is 14.1. The summed E-state index contributed by atoms with van der Waals surface area (Å²) in [5.74, 6) is 0. The van der Waals surface area contributed by atoms with E-state index in [9.17, 15) is 0 Å². The highest BCUT2D eigenvalue weighted by Crippen LogP contribution is 2.39. The van der Waals surface area contributed by atoms with E-state index in [2.05, 4.69) is 132 Å². The Morgan fingerprint density at radius 2 is 1.41 bits per heavy atom. The van der Waals surface area contributed by atoms with Gasteiger partial charge < -0.3 is 9.16 Å². The van der Waals surface area contributed by atoms with Crippen molar-refractivity contribution in [1.29, 1.82) is 0 Å². The Hall–Kier alpha value is -1.73. The Morgan fingerprint density at radius 3 is 1.88 bits per heavy atom. The second-order valence-electron chi connectivity index (χ2n) is 11.4. The van der Waals surface area contributed by atoms with Crippen LogP contribution in [0.3, 0.4) is 0 Å². The van der Waals surface area contributed by atoms with E-state index >= 15 is 0 Å². The summed E-state index contributed by atoms with van der Waals surface area (Å²) in [6.07, 6.45) is 10.5. The topological polar surface area (TPSA) is 18.5 Å². The van der Waals surface area contributed by atoms with E-state index in [0.29, 0.717) is 0 Å². The van der Waals surface area contributed by atoms with Crippen LogP contribution in [0.4, 0.5) is 0 Å². The third kappa shape index (κ3) is 6.48. The molecule has 1 heterocycles. The van der Waals surface area contributed by atoms with Crippen molar-refractivity contribution in [2.75, 3.05) is 0 Å². The zero-order valence-corrected chi connectivity index (χ0v) is 24.1. The van der Waals surface area contributed by atoms with Gasteiger partial charge in [0.15, 0.2) is 0 Å². The quantitative estimate of drug-likeness (QED) is 0.326. The summed E-state index contributed by atoms with van der Waals surface area (Å²) in [4.78, 5) is 0. The molecule has 0 bridgehead atoms. The Labute approximate surface area is 210 Å². The smallest absolute Gasteiger partial charge is 0.261 e. The second-order valence-corrected chi connectivity index (χ2v) is 20.4. The van der Waals surface area contributed by atoms with Gasteiger partial charge in [0.1, 0.15) is 0 Å². The molecule has 1 aliphatic heterocycles. The Balaban J connectivity index is 2.05. The van der Waals surface area contributed by atoms with E-state index in [1.807, 2.05) is 0 Å². The average Bonchev–Trinajstić information content (AvgIpc) is 2.78. The highest BCUT2D eigenvalue weighted by atomic mass is 28.4. The fraction of sp³-hybridized carbons (Fsp3) is 0.467. The normalized spacial score (nSPS) is 23.4. The van der Waals surface area contributed by atoms with Crippen LogP contribution in [-0.2, 0) is 9.16 Å². The molecule has 2 aromatic carbocycles. The first kappa shape index (κ1) is 26.9. The number of hydrogen-bond donors (Lipinski definition) is 0. The molecule has 182 valence electrons. The van der Waals surface area contributed by atoms with Crippen LogP contribution in [0, 0.1) is 11.8 Å². The zero-order valence-electron chi connectivity index (χ0n) is 22.1. The molecular formula is C30H42O2Si2. The lowest BCUT2D eigenvalue weighted by molar-refractivity contribution is -0.0588. The van der Waals surface area contributed by atoms with E-state index in [-0.39, 0.29) is 23.4 Å². The van der Waals surface area contributed by atoms with Gasteiger partial charge in [-0.05, 0) is 40.8 Å². The van der Waals surface area contributed by atoms with Crippen LogP contribution >= 0.6 is 0 Å². The van der Waals surface area contributed by atoms with Crippen molar-refractivity contribution >= 4 is 26.8 Å². The van der Waals surface area contributed by atoms with Crippen molar-refractivity contribution in [2.24, 2.45) is 0 Å². The number of benzene rings is 2. The zero-order chi connectivity index (χ0) is 24.8. The molecule has 2 aromatic rings. The molecule has 4 heteroatoms. The second kappa shape index (κ2) is 11.3.